The molecule has 1 aliphatic carbocycles. The van der Waals surface area contributed by atoms with Crippen molar-refractivity contribution < 1.29 is 14.3 Å². The van der Waals surface area contributed by atoms with Crippen molar-refractivity contribution in [3.63, 3.8) is 0 Å². The second kappa shape index (κ2) is 6.65. The van der Waals surface area contributed by atoms with Crippen LogP contribution in [0.5, 0.6) is 0 Å². The molecule has 0 heterocycles. The van der Waals surface area contributed by atoms with E-state index in [2.05, 4.69) is 17.4 Å². The molecule has 0 bridgehead atoms. The van der Waals surface area contributed by atoms with Crippen molar-refractivity contribution >= 4 is 17.6 Å². The van der Waals surface area contributed by atoms with Crippen LogP contribution in [0, 0.1) is 0 Å². The Bertz CT molecular complexity index is 739. The van der Waals surface area contributed by atoms with Crippen LogP contribution in [-0.2, 0) is 16.0 Å². The number of hydrogen-bond donors (Lipinski definition) is 1. The number of rotatable bonds is 4. The van der Waals surface area contributed by atoms with Gasteiger partial charge in [0.2, 0.25) is 5.91 Å². The fraction of sp³-hybridized carbons (Fsp3) is 0.263. The minimum Gasteiger partial charge on any atom is -0.465 e. The van der Waals surface area contributed by atoms with Gasteiger partial charge in [0.25, 0.3) is 0 Å². The van der Waals surface area contributed by atoms with Gasteiger partial charge in [0.05, 0.1) is 12.7 Å². The summed E-state index contributed by atoms with van der Waals surface area (Å²) in [7, 11) is 1.34. The van der Waals surface area contributed by atoms with Gasteiger partial charge in [0, 0.05) is 12.1 Å². The number of carbonyl (C=O) groups excluding carboxylic acids is 2. The molecule has 0 saturated carbocycles. The summed E-state index contributed by atoms with van der Waals surface area (Å²) in [6.07, 6.45) is 2.50. The number of anilines is 1. The normalized spacial score (nSPS) is 15.8. The van der Waals surface area contributed by atoms with E-state index in [9.17, 15) is 9.59 Å². The second-order valence-corrected chi connectivity index (χ2v) is 5.76. The van der Waals surface area contributed by atoms with Gasteiger partial charge < -0.3 is 10.1 Å². The molecule has 0 saturated heterocycles. The van der Waals surface area contributed by atoms with Crippen molar-refractivity contribution in [1.29, 1.82) is 0 Å². The first-order chi connectivity index (χ1) is 11.2. The average Bonchev–Trinajstić information content (AvgIpc) is 2.97. The topological polar surface area (TPSA) is 55.4 Å². The fourth-order valence-corrected chi connectivity index (χ4v) is 3.13. The maximum absolute atomic E-state index is 12.3. The molecule has 1 N–H and O–H groups in total. The number of hydrogen-bond acceptors (Lipinski definition) is 3. The van der Waals surface area contributed by atoms with Crippen LogP contribution in [0.4, 0.5) is 5.69 Å². The number of carbonyl (C=O) groups is 2. The van der Waals surface area contributed by atoms with Gasteiger partial charge in [0.1, 0.15) is 0 Å². The minimum absolute atomic E-state index is 0.0336. The highest BCUT2D eigenvalue weighted by Gasteiger charge is 2.24. The molecule has 23 heavy (non-hydrogen) atoms. The summed E-state index contributed by atoms with van der Waals surface area (Å²) in [5, 5.41) is 2.87. The van der Waals surface area contributed by atoms with Crippen LogP contribution in [-0.4, -0.2) is 19.0 Å². The minimum atomic E-state index is -0.411. The van der Waals surface area contributed by atoms with E-state index in [-0.39, 0.29) is 11.8 Å². The van der Waals surface area contributed by atoms with Gasteiger partial charge >= 0.3 is 5.97 Å². The Hall–Kier alpha value is -2.62. The number of esters is 1. The van der Waals surface area contributed by atoms with Crippen LogP contribution in [0.3, 0.4) is 0 Å². The molecular weight excluding hydrogens is 290 g/mol. The van der Waals surface area contributed by atoms with Gasteiger partial charge in [-0.2, -0.15) is 0 Å². The van der Waals surface area contributed by atoms with E-state index in [0.29, 0.717) is 17.7 Å². The predicted molar refractivity (Wildman–Crippen MR) is 88.5 cm³/mol. The Balaban J connectivity index is 1.66. The zero-order valence-corrected chi connectivity index (χ0v) is 13.0. The van der Waals surface area contributed by atoms with Crippen LogP contribution in [0.1, 0.15) is 40.2 Å². The maximum Gasteiger partial charge on any atom is 0.337 e. The lowest BCUT2D eigenvalue weighted by atomic mass is 9.97. The SMILES string of the molecule is COC(=O)c1cccc(NC(=O)CC2CCc3ccccc32)c1. The van der Waals surface area contributed by atoms with Crippen molar-refractivity contribution in [2.45, 2.75) is 25.2 Å². The predicted octanol–water partition coefficient (Wildman–Crippen LogP) is 3.53. The number of ether oxygens (including phenoxy) is 1. The number of nitrogens with one attached hydrogen (secondary N) is 1. The number of aryl methyl sites for hydroxylation is 1. The Morgan fingerprint density at radius 3 is 2.83 bits per heavy atom. The van der Waals surface area contributed by atoms with Crippen molar-refractivity contribution in [2.75, 3.05) is 12.4 Å². The molecular formula is C19H19NO3. The molecule has 0 spiro atoms. The number of methoxy groups -OCH3 is 1. The van der Waals surface area contributed by atoms with Gasteiger partial charge in [-0.1, -0.05) is 30.3 Å². The van der Waals surface area contributed by atoms with Gasteiger partial charge in [0.15, 0.2) is 0 Å². The van der Waals surface area contributed by atoms with E-state index in [0.717, 1.165) is 12.8 Å². The van der Waals surface area contributed by atoms with Crippen molar-refractivity contribution in [1.82, 2.24) is 0 Å². The van der Waals surface area contributed by atoms with Crippen LogP contribution >= 0.6 is 0 Å². The summed E-state index contributed by atoms with van der Waals surface area (Å²) in [5.74, 6) is -0.172. The van der Waals surface area contributed by atoms with Gasteiger partial charge in [-0.25, -0.2) is 4.79 Å². The van der Waals surface area contributed by atoms with Crippen LogP contribution in [0.25, 0.3) is 0 Å². The van der Waals surface area contributed by atoms with E-state index in [1.54, 1.807) is 24.3 Å². The fourth-order valence-electron chi connectivity index (χ4n) is 3.13. The highest BCUT2D eigenvalue weighted by atomic mass is 16.5. The first kappa shape index (κ1) is 15.3. The van der Waals surface area contributed by atoms with Gasteiger partial charge in [-0.3, -0.25) is 4.79 Å². The molecule has 1 atom stereocenters. The van der Waals surface area contributed by atoms with Gasteiger partial charge in [-0.05, 0) is 48.1 Å². The number of benzene rings is 2. The van der Waals surface area contributed by atoms with Crippen molar-refractivity contribution in [3.05, 3.63) is 65.2 Å². The molecule has 1 unspecified atom stereocenters. The third kappa shape index (κ3) is 3.42. The number of amides is 1. The second-order valence-electron chi connectivity index (χ2n) is 5.76. The third-order valence-electron chi connectivity index (χ3n) is 4.26. The molecule has 0 aliphatic heterocycles. The first-order valence-corrected chi connectivity index (χ1v) is 7.73. The van der Waals surface area contributed by atoms with E-state index < -0.39 is 5.97 Å². The molecule has 3 rings (SSSR count). The maximum atomic E-state index is 12.3. The van der Waals surface area contributed by atoms with E-state index in [4.69, 9.17) is 4.74 Å². The lowest BCUT2D eigenvalue weighted by Crippen LogP contribution is -2.15. The number of fused-ring (bicyclic) bond motifs is 1. The van der Waals surface area contributed by atoms with E-state index in [1.807, 2.05) is 12.1 Å². The molecule has 4 heteroatoms. The summed E-state index contributed by atoms with van der Waals surface area (Å²) < 4.78 is 4.69. The molecule has 0 fully saturated rings. The average molecular weight is 309 g/mol. The molecule has 118 valence electrons. The van der Waals surface area contributed by atoms with E-state index in [1.165, 1.54) is 18.2 Å². The standard InChI is InChI=1S/C19H19NO3/c1-23-19(22)15-6-4-7-16(11-15)20-18(21)12-14-10-9-13-5-2-3-8-17(13)14/h2-8,11,14H,9-10,12H2,1H3,(H,20,21). The quantitative estimate of drug-likeness (QED) is 0.879. The lowest BCUT2D eigenvalue weighted by molar-refractivity contribution is -0.116. The largest absolute Gasteiger partial charge is 0.465 e. The Labute approximate surface area is 135 Å². The first-order valence-electron chi connectivity index (χ1n) is 7.73. The zero-order valence-electron chi connectivity index (χ0n) is 13.0. The van der Waals surface area contributed by atoms with Gasteiger partial charge in [-0.15, -0.1) is 0 Å². The zero-order chi connectivity index (χ0) is 16.2. The summed E-state index contributed by atoms with van der Waals surface area (Å²) in [5.41, 5.74) is 3.67. The summed E-state index contributed by atoms with van der Waals surface area (Å²) in [4.78, 5) is 23.8. The molecule has 2 aromatic carbocycles. The molecule has 1 aliphatic rings. The molecule has 1 amide bonds. The summed E-state index contributed by atoms with van der Waals surface area (Å²) in [6.45, 7) is 0. The van der Waals surface area contributed by atoms with Crippen LogP contribution in [0.15, 0.2) is 48.5 Å². The molecule has 4 nitrogen and oxygen atoms in total. The lowest BCUT2D eigenvalue weighted by Gasteiger charge is -2.12. The van der Waals surface area contributed by atoms with Crippen LogP contribution in [0.2, 0.25) is 0 Å². The monoisotopic (exact) mass is 309 g/mol. The molecule has 0 aromatic heterocycles. The third-order valence-corrected chi connectivity index (χ3v) is 4.26. The highest BCUT2D eigenvalue weighted by molar-refractivity contribution is 5.94. The summed E-state index contributed by atoms with van der Waals surface area (Å²) in [6, 6.07) is 15.1. The summed E-state index contributed by atoms with van der Waals surface area (Å²) >= 11 is 0. The van der Waals surface area contributed by atoms with E-state index >= 15 is 0 Å². The van der Waals surface area contributed by atoms with Crippen molar-refractivity contribution in [2.24, 2.45) is 0 Å². The highest BCUT2D eigenvalue weighted by Crippen LogP contribution is 2.35. The Morgan fingerprint density at radius 2 is 2.00 bits per heavy atom. The Kier molecular flexibility index (Phi) is 4.42. The Morgan fingerprint density at radius 1 is 1.17 bits per heavy atom. The molecule has 0 radical (unpaired) electrons. The van der Waals surface area contributed by atoms with Crippen molar-refractivity contribution in [3.8, 4) is 0 Å². The smallest absolute Gasteiger partial charge is 0.337 e. The van der Waals surface area contributed by atoms with Crippen LogP contribution < -0.4 is 5.32 Å². The molecule has 2 aromatic rings.